The number of carbonyl (C=O) groups excluding carboxylic acids is 3. The van der Waals surface area contributed by atoms with E-state index in [1.54, 1.807) is 24.3 Å². The quantitative estimate of drug-likeness (QED) is 0.697. The molecule has 5 heteroatoms. The molecule has 1 fully saturated rings. The van der Waals surface area contributed by atoms with Crippen molar-refractivity contribution in [1.29, 1.82) is 0 Å². The number of ketones is 1. The summed E-state index contributed by atoms with van der Waals surface area (Å²) in [4.78, 5) is 41.1. The lowest BCUT2D eigenvalue weighted by Gasteiger charge is -2.38. The second-order valence-electron chi connectivity index (χ2n) is 7.52. The van der Waals surface area contributed by atoms with Crippen LogP contribution in [-0.4, -0.2) is 53.1 Å². The molecule has 1 aliphatic heterocycles. The SMILES string of the molecule is CCCN(C(=O)c1ccc(C(C)=O)cc1)C1CCN(C(=O)c2ccccc2)CC1. The summed E-state index contributed by atoms with van der Waals surface area (Å²) in [6.45, 7) is 5.56. The van der Waals surface area contributed by atoms with E-state index in [4.69, 9.17) is 0 Å². The fourth-order valence-corrected chi connectivity index (χ4v) is 3.85. The Kier molecular flexibility index (Phi) is 6.81. The van der Waals surface area contributed by atoms with Crippen LogP contribution in [0.2, 0.25) is 0 Å². The maximum Gasteiger partial charge on any atom is 0.254 e. The van der Waals surface area contributed by atoms with E-state index >= 15 is 0 Å². The summed E-state index contributed by atoms with van der Waals surface area (Å²) < 4.78 is 0. The zero-order valence-corrected chi connectivity index (χ0v) is 17.1. The Balaban J connectivity index is 1.66. The van der Waals surface area contributed by atoms with Crippen LogP contribution in [0.15, 0.2) is 54.6 Å². The van der Waals surface area contributed by atoms with Crippen LogP contribution in [0, 0.1) is 0 Å². The van der Waals surface area contributed by atoms with Crippen molar-refractivity contribution in [3.05, 3.63) is 71.3 Å². The maximum absolute atomic E-state index is 13.1. The molecule has 1 aliphatic rings. The lowest BCUT2D eigenvalue weighted by molar-refractivity contribution is 0.0519. The molecule has 0 radical (unpaired) electrons. The molecule has 29 heavy (non-hydrogen) atoms. The molecule has 3 rings (SSSR count). The van der Waals surface area contributed by atoms with Crippen molar-refractivity contribution < 1.29 is 14.4 Å². The standard InChI is InChI=1S/C24H28N2O3/c1-3-15-26(24(29)21-11-9-19(10-12-21)18(2)27)22-13-16-25(17-14-22)23(28)20-7-5-4-6-8-20/h4-12,22H,3,13-17H2,1-2H3. The van der Waals surface area contributed by atoms with E-state index in [1.807, 2.05) is 40.1 Å². The predicted octanol–water partition coefficient (Wildman–Crippen LogP) is 4.05. The van der Waals surface area contributed by atoms with Crippen LogP contribution >= 0.6 is 0 Å². The summed E-state index contributed by atoms with van der Waals surface area (Å²) in [5, 5.41) is 0. The van der Waals surface area contributed by atoms with Crippen molar-refractivity contribution in [3.63, 3.8) is 0 Å². The molecule has 0 aliphatic carbocycles. The lowest BCUT2D eigenvalue weighted by Crippen LogP contribution is -2.49. The average molecular weight is 392 g/mol. The van der Waals surface area contributed by atoms with Crippen molar-refractivity contribution in [3.8, 4) is 0 Å². The van der Waals surface area contributed by atoms with Gasteiger partial charge in [-0.15, -0.1) is 0 Å². The van der Waals surface area contributed by atoms with Gasteiger partial charge in [-0.1, -0.05) is 37.3 Å². The van der Waals surface area contributed by atoms with Crippen LogP contribution in [0.1, 0.15) is 64.2 Å². The van der Waals surface area contributed by atoms with Crippen LogP contribution in [0.25, 0.3) is 0 Å². The van der Waals surface area contributed by atoms with Gasteiger partial charge in [-0.05, 0) is 50.5 Å². The summed E-state index contributed by atoms with van der Waals surface area (Å²) in [7, 11) is 0. The Hall–Kier alpha value is -2.95. The first-order valence-corrected chi connectivity index (χ1v) is 10.3. The number of amides is 2. The summed E-state index contributed by atoms with van der Waals surface area (Å²) >= 11 is 0. The molecule has 1 saturated heterocycles. The average Bonchev–Trinajstić information content (AvgIpc) is 2.77. The number of Topliss-reactive ketones (excluding diaryl/α,β-unsaturated/α-hetero) is 1. The molecule has 2 aromatic rings. The summed E-state index contributed by atoms with van der Waals surface area (Å²) in [6.07, 6.45) is 2.42. The smallest absolute Gasteiger partial charge is 0.254 e. The van der Waals surface area contributed by atoms with E-state index in [1.165, 1.54) is 6.92 Å². The van der Waals surface area contributed by atoms with Gasteiger partial charge in [0.2, 0.25) is 0 Å². The second-order valence-corrected chi connectivity index (χ2v) is 7.52. The topological polar surface area (TPSA) is 57.7 Å². The Labute approximate surface area is 172 Å². The largest absolute Gasteiger partial charge is 0.338 e. The first-order chi connectivity index (χ1) is 14.0. The van der Waals surface area contributed by atoms with Crippen LogP contribution in [0.3, 0.4) is 0 Å². The zero-order valence-electron chi connectivity index (χ0n) is 17.1. The Bertz CT molecular complexity index is 853. The van der Waals surface area contributed by atoms with Crippen molar-refractivity contribution >= 4 is 17.6 Å². The lowest BCUT2D eigenvalue weighted by atomic mass is 10.00. The Morgan fingerprint density at radius 1 is 0.897 bits per heavy atom. The first-order valence-electron chi connectivity index (χ1n) is 10.3. The predicted molar refractivity (Wildman–Crippen MR) is 113 cm³/mol. The summed E-state index contributed by atoms with van der Waals surface area (Å²) in [6, 6.07) is 16.3. The summed E-state index contributed by atoms with van der Waals surface area (Å²) in [5.74, 6) is 0.0388. The van der Waals surface area contributed by atoms with Crippen molar-refractivity contribution in [2.75, 3.05) is 19.6 Å². The van der Waals surface area contributed by atoms with Crippen LogP contribution in [0.4, 0.5) is 0 Å². The molecule has 1 heterocycles. The van der Waals surface area contributed by atoms with E-state index in [-0.39, 0.29) is 23.6 Å². The molecule has 0 aromatic heterocycles. The molecular formula is C24H28N2O3. The van der Waals surface area contributed by atoms with E-state index in [0.29, 0.717) is 36.3 Å². The van der Waals surface area contributed by atoms with Gasteiger partial charge >= 0.3 is 0 Å². The highest BCUT2D eigenvalue weighted by Gasteiger charge is 2.30. The van der Waals surface area contributed by atoms with Gasteiger partial charge < -0.3 is 9.80 Å². The number of rotatable bonds is 6. The normalized spacial score (nSPS) is 14.5. The van der Waals surface area contributed by atoms with Crippen molar-refractivity contribution in [2.45, 2.75) is 39.2 Å². The first kappa shape index (κ1) is 20.8. The minimum absolute atomic E-state index is 0.00483. The number of carbonyl (C=O) groups is 3. The fraction of sp³-hybridized carbons (Fsp3) is 0.375. The van der Waals surface area contributed by atoms with Gasteiger partial charge in [0.05, 0.1) is 0 Å². The third kappa shape index (κ3) is 4.91. The molecule has 0 saturated carbocycles. The van der Waals surface area contributed by atoms with Crippen LogP contribution in [-0.2, 0) is 0 Å². The molecule has 152 valence electrons. The number of piperidine rings is 1. The minimum Gasteiger partial charge on any atom is -0.338 e. The van der Waals surface area contributed by atoms with Crippen LogP contribution < -0.4 is 0 Å². The van der Waals surface area contributed by atoms with E-state index < -0.39 is 0 Å². The second kappa shape index (κ2) is 9.50. The highest BCUT2D eigenvalue weighted by atomic mass is 16.2. The van der Waals surface area contributed by atoms with Gasteiger partial charge in [0.25, 0.3) is 11.8 Å². The van der Waals surface area contributed by atoms with Crippen molar-refractivity contribution in [2.24, 2.45) is 0 Å². The van der Waals surface area contributed by atoms with Gasteiger partial charge in [-0.2, -0.15) is 0 Å². The van der Waals surface area contributed by atoms with Crippen molar-refractivity contribution in [1.82, 2.24) is 9.80 Å². The molecule has 0 bridgehead atoms. The zero-order chi connectivity index (χ0) is 20.8. The van der Waals surface area contributed by atoms with Crippen LogP contribution in [0.5, 0.6) is 0 Å². The minimum atomic E-state index is -0.00938. The molecule has 2 aromatic carbocycles. The number of hydrogen-bond acceptors (Lipinski definition) is 3. The summed E-state index contributed by atoms with van der Waals surface area (Å²) in [5.41, 5.74) is 1.92. The molecule has 0 atom stereocenters. The van der Waals surface area contributed by atoms with Gasteiger partial charge in [0.15, 0.2) is 5.78 Å². The third-order valence-electron chi connectivity index (χ3n) is 5.48. The van der Waals surface area contributed by atoms with Gasteiger partial charge in [-0.25, -0.2) is 0 Å². The Morgan fingerprint density at radius 2 is 1.48 bits per heavy atom. The number of nitrogens with zero attached hydrogens (tertiary/aromatic N) is 2. The van der Waals surface area contributed by atoms with E-state index in [9.17, 15) is 14.4 Å². The maximum atomic E-state index is 13.1. The van der Waals surface area contributed by atoms with Gasteiger partial charge in [0, 0.05) is 42.4 Å². The van der Waals surface area contributed by atoms with E-state index in [0.717, 1.165) is 19.3 Å². The highest BCUT2D eigenvalue weighted by Crippen LogP contribution is 2.21. The third-order valence-corrected chi connectivity index (χ3v) is 5.48. The van der Waals surface area contributed by atoms with E-state index in [2.05, 4.69) is 6.92 Å². The molecule has 0 unspecified atom stereocenters. The van der Waals surface area contributed by atoms with Gasteiger partial charge in [0.1, 0.15) is 0 Å². The molecular weight excluding hydrogens is 364 g/mol. The molecule has 2 amide bonds. The molecule has 0 N–H and O–H groups in total. The molecule has 5 nitrogen and oxygen atoms in total. The molecule has 0 spiro atoms. The fourth-order valence-electron chi connectivity index (χ4n) is 3.85. The number of likely N-dealkylation sites (tertiary alicyclic amines) is 1. The number of hydrogen-bond donors (Lipinski definition) is 0. The van der Waals surface area contributed by atoms with Gasteiger partial charge in [-0.3, -0.25) is 14.4 Å². The Morgan fingerprint density at radius 3 is 2.03 bits per heavy atom. The number of benzene rings is 2. The highest BCUT2D eigenvalue weighted by molar-refractivity contribution is 5.98. The monoisotopic (exact) mass is 392 g/mol.